The Kier molecular flexibility index (Phi) is 9.45. The molecular formula is C29H37N3O4S. The molecule has 0 spiro atoms. The lowest BCUT2D eigenvalue weighted by Gasteiger charge is -2.33. The molecular weight excluding hydrogens is 486 g/mol. The lowest BCUT2D eigenvalue weighted by atomic mass is 10.1. The van der Waals surface area contributed by atoms with E-state index in [0.29, 0.717) is 6.42 Å². The third-order valence-electron chi connectivity index (χ3n) is 6.78. The molecule has 0 fully saturated rings. The second kappa shape index (κ2) is 12.3. The minimum absolute atomic E-state index is 0.0343. The summed E-state index contributed by atoms with van der Waals surface area (Å²) in [7, 11) is -2.53. The second-order valence-corrected chi connectivity index (χ2v) is 11.5. The number of hydrogen-bond donors (Lipinski definition) is 1. The van der Waals surface area contributed by atoms with Gasteiger partial charge in [0.25, 0.3) is 0 Å². The van der Waals surface area contributed by atoms with Crippen LogP contribution in [0, 0.1) is 6.92 Å². The number of nitrogens with one attached hydrogen (secondary N) is 1. The number of rotatable bonds is 11. The van der Waals surface area contributed by atoms with E-state index >= 15 is 0 Å². The quantitative estimate of drug-likeness (QED) is 0.401. The minimum atomic E-state index is -3.93. The van der Waals surface area contributed by atoms with Crippen LogP contribution in [0.4, 0.5) is 0 Å². The molecule has 0 saturated heterocycles. The van der Waals surface area contributed by atoms with E-state index in [1.54, 1.807) is 18.2 Å². The van der Waals surface area contributed by atoms with Crippen LogP contribution in [0.1, 0.15) is 44.7 Å². The van der Waals surface area contributed by atoms with Crippen LogP contribution >= 0.6 is 0 Å². The van der Waals surface area contributed by atoms with Crippen molar-refractivity contribution in [1.29, 1.82) is 0 Å². The van der Waals surface area contributed by atoms with Crippen LogP contribution in [0.5, 0.6) is 0 Å². The van der Waals surface area contributed by atoms with Crippen molar-refractivity contribution in [2.24, 2.45) is 0 Å². The first-order valence-corrected chi connectivity index (χ1v) is 14.1. The lowest BCUT2D eigenvalue weighted by molar-refractivity contribution is -0.141. The molecule has 1 N–H and O–H groups in total. The SMILES string of the molecule is CC[C@@H](C)NC(=O)[C@H](CC)N(Cc1ccccc1C)C(=O)CN(C)S(=O)(=O)c1ccc2ccccc2c1. The van der Waals surface area contributed by atoms with Crippen LogP contribution in [0.25, 0.3) is 10.8 Å². The van der Waals surface area contributed by atoms with Crippen LogP contribution in [-0.2, 0) is 26.2 Å². The molecule has 0 aromatic heterocycles. The number of sulfonamides is 1. The fourth-order valence-corrected chi connectivity index (χ4v) is 5.36. The molecule has 3 rings (SSSR count). The van der Waals surface area contributed by atoms with Crippen molar-refractivity contribution in [1.82, 2.24) is 14.5 Å². The van der Waals surface area contributed by atoms with Gasteiger partial charge in [-0.1, -0.05) is 68.4 Å². The Labute approximate surface area is 220 Å². The number of amides is 2. The third-order valence-corrected chi connectivity index (χ3v) is 8.58. The van der Waals surface area contributed by atoms with Gasteiger partial charge in [-0.25, -0.2) is 8.42 Å². The van der Waals surface area contributed by atoms with Gasteiger partial charge in [-0.15, -0.1) is 0 Å². The van der Waals surface area contributed by atoms with Gasteiger partial charge in [0.1, 0.15) is 6.04 Å². The number of carbonyl (C=O) groups excluding carboxylic acids is 2. The van der Waals surface area contributed by atoms with Gasteiger partial charge in [-0.2, -0.15) is 4.31 Å². The monoisotopic (exact) mass is 523 g/mol. The predicted octanol–water partition coefficient (Wildman–Crippen LogP) is 4.49. The number of hydrogen-bond acceptors (Lipinski definition) is 4. The highest BCUT2D eigenvalue weighted by Gasteiger charge is 2.32. The summed E-state index contributed by atoms with van der Waals surface area (Å²) in [6.45, 7) is 7.54. The Morgan fingerprint density at radius 2 is 1.57 bits per heavy atom. The number of likely N-dealkylation sites (N-methyl/N-ethyl adjacent to an activating group) is 1. The molecule has 8 heteroatoms. The van der Waals surface area contributed by atoms with Gasteiger partial charge in [0.05, 0.1) is 11.4 Å². The molecule has 198 valence electrons. The highest BCUT2D eigenvalue weighted by Crippen LogP contribution is 2.22. The predicted molar refractivity (Wildman–Crippen MR) is 147 cm³/mol. The van der Waals surface area contributed by atoms with E-state index in [9.17, 15) is 18.0 Å². The smallest absolute Gasteiger partial charge is 0.243 e. The van der Waals surface area contributed by atoms with Crippen LogP contribution in [0.3, 0.4) is 0 Å². The van der Waals surface area contributed by atoms with Crippen LogP contribution in [0.2, 0.25) is 0 Å². The Hall–Kier alpha value is -3.23. The van der Waals surface area contributed by atoms with E-state index in [0.717, 1.165) is 32.6 Å². The molecule has 0 saturated carbocycles. The van der Waals surface area contributed by atoms with Crippen LogP contribution < -0.4 is 5.32 Å². The largest absolute Gasteiger partial charge is 0.352 e. The highest BCUT2D eigenvalue weighted by molar-refractivity contribution is 7.89. The van der Waals surface area contributed by atoms with Crippen LogP contribution in [-0.4, -0.2) is 55.1 Å². The lowest BCUT2D eigenvalue weighted by Crippen LogP contribution is -2.53. The van der Waals surface area contributed by atoms with Gasteiger partial charge in [-0.05, 0) is 60.7 Å². The third kappa shape index (κ3) is 6.76. The molecule has 2 atom stereocenters. The van der Waals surface area contributed by atoms with Gasteiger partial charge < -0.3 is 10.2 Å². The summed E-state index contributed by atoms with van der Waals surface area (Å²) in [5.41, 5.74) is 1.90. The Balaban J connectivity index is 1.89. The van der Waals surface area contributed by atoms with Crippen molar-refractivity contribution < 1.29 is 18.0 Å². The van der Waals surface area contributed by atoms with E-state index in [1.165, 1.54) is 11.9 Å². The summed E-state index contributed by atoms with van der Waals surface area (Å²) in [4.78, 5) is 28.4. The maximum atomic E-state index is 13.7. The standard InChI is InChI=1S/C29H37N3O4S/c1-6-22(4)30-29(34)27(7-2)32(19-25-15-9-8-12-21(25)3)28(33)20-31(5)37(35,36)26-17-16-23-13-10-11-14-24(23)18-26/h8-18,22,27H,6-7,19-20H2,1-5H3,(H,30,34)/t22-,27+/m1/s1. The van der Waals surface area contributed by atoms with Crippen molar-refractivity contribution in [3.63, 3.8) is 0 Å². The summed E-state index contributed by atoms with van der Waals surface area (Å²) in [6.07, 6.45) is 1.17. The van der Waals surface area contributed by atoms with Crippen molar-refractivity contribution in [2.75, 3.05) is 13.6 Å². The molecule has 0 aliphatic rings. The summed E-state index contributed by atoms with van der Waals surface area (Å²) < 4.78 is 27.8. The zero-order valence-electron chi connectivity index (χ0n) is 22.3. The first-order valence-electron chi connectivity index (χ1n) is 12.7. The molecule has 0 heterocycles. The Morgan fingerprint density at radius 3 is 2.22 bits per heavy atom. The average molecular weight is 524 g/mol. The molecule has 0 bridgehead atoms. The van der Waals surface area contributed by atoms with Crippen molar-refractivity contribution in [3.8, 4) is 0 Å². The number of aryl methyl sites for hydroxylation is 1. The number of nitrogens with zero attached hydrogens (tertiary/aromatic N) is 2. The van der Waals surface area contributed by atoms with Crippen molar-refractivity contribution >= 4 is 32.6 Å². The Morgan fingerprint density at radius 1 is 0.919 bits per heavy atom. The Bertz CT molecular complexity index is 1360. The molecule has 7 nitrogen and oxygen atoms in total. The minimum Gasteiger partial charge on any atom is -0.352 e. The van der Waals surface area contributed by atoms with Crippen molar-refractivity contribution in [3.05, 3.63) is 77.9 Å². The van der Waals surface area contributed by atoms with Gasteiger partial charge in [0, 0.05) is 19.6 Å². The zero-order chi connectivity index (χ0) is 27.2. The summed E-state index contributed by atoms with van der Waals surface area (Å²) in [6, 6.07) is 19.4. The molecule has 3 aromatic carbocycles. The van der Waals surface area contributed by atoms with E-state index in [4.69, 9.17) is 0 Å². The van der Waals surface area contributed by atoms with E-state index in [2.05, 4.69) is 5.32 Å². The molecule has 37 heavy (non-hydrogen) atoms. The summed E-state index contributed by atoms with van der Waals surface area (Å²) >= 11 is 0. The second-order valence-electron chi connectivity index (χ2n) is 9.46. The number of carbonyl (C=O) groups is 2. The molecule has 0 aliphatic heterocycles. The van der Waals surface area contributed by atoms with Gasteiger partial charge in [0.2, 0.25) is 21.8 Å². The van der Waals surface area contributed by atoms with E-state index < -0.39 is 22.0 Å². The normalized spacial score (nSPS) is 13.4. The maximum absolute atomic E-state index is 13.7. The summed E-state index contributed by atoms with van der Waals surface area (Å²) in [5.74, 6) is -0.667. The summed E-state index contributed by atoms with van der Waals surface area (Å²) in [5, 5.41) is 4.71. The maximum Gasteiger partial charge on any atom is 0.243 e. The fourth-order valence-electron chi connectivity index (χ4n) is 4.21. The van der Waals surface area contributed by atoms with E-state index in [-0.39, 0.29) is 29.9 Å². The zero-order valence-corrected chi connectivity index (χ0v) is 23.1. The van der Waals surface area contributed by atoms with Crippen molar-refractivity contribution in [2.45, 2.75) is 64.1 Å². The van der Waals surface area contributed by atoms with E-state index in [1.807, 2.05) is 76.2 Å². The highest BCUT2D eigenvalue weighted by atomic mass is 32.2. The first kappa shape index (κ1) is 28.3. The molecule has 0 radical (unpaired) electrons. The number of fused-ring (bicyclic) bond motifs is 1. The van der Waals surface area contributed by atoms with Gasteiger partial charge in [-0.3, -0.25) is 9.59 Å². The molecule has 3 aromatic rings. The topological polar surface area (TPSA) is 86.8 Å². The average Bonchev–Trinajstić information content (AvgIpc) is 2.89. The van der Waals surface area contributed by atoms with Crippen LogP contribution in [0.15, 0.2) is 71.6 Å². The fraction of sp³-hybridized carbons (Fsp3) is 0.379. The van der Waals surface area contributed by atoms with Gasteiger partial charge >= 0.3 is 0 Å². The van der Waals surface area contributed by atoms with Gasteiger partial charge in [0.15, 0.2) is 0 Å². The molecule has 0 aliphatic carbocycles. The molecule has 2 amide bonds. The molecule has 0 unspecified atom stereocenters. The number of benzene rings is 3. The first-order chi connectivity index (χ1) is 17.6.